The number of hydrogen-bond acceptors (Lipinski definition) is 2. The van der Waals surface area contributed by atoms with Crippen molar-refractivity contribution in [3.8, 4) is 0 Å². The first-order chi connectivity index (χ1) is 15.2. The fraction of sp³-hybridized carbons (Fsp3) is 0.250. The van der Waals surface area contributed by atoms with Gasteiger partial charge in [0.1, 0.15) is 0 Å². The summed E-state index contributed by atoms with van der Waals surface area (Å²) in [6.07, 6.45) is -1.10. The molecule has 1 aromatic heterocycles. The quantitative estimate of drug-likeness (QED) is 0.526. The lowest BCUT2D eigenvalue weighted by Crippen LogP contribution is -2.30. The number of alkyl halides is 3. The van der Waals surface area contributed by atoms with E-state index in [1.165, 1.54) is 12.1 Å². The summed E-state index contributed by atoms with van der Waals surface area (Å²) in [5.41, 5.74) is 0.850. The van der Waals surface area contributed by atoms with E-state index >= 15 is 0 Å². The maximum absolute atomic E-state index is 13.5. The van der Waals surface area contributed by atoms with E-state index < -0.39 is 23.0 Å². The molecule has 1 unspecified atom stereocenters. The first kappa shape index (κ1) is 22.1. The molecule has 1 atom stereocenters. The largest absolute Gasteiger partial charge is 0.417 e. The maximum Gasteiger partial charge on any atom is 0.417 e. The van der Waals surface area contributed by atoms with Crippen molar-refractivity contribution in [3.05, 3.63) is 108 Å². The lowest BCUT2D eigenvalue weighted by Gasteiger charge is -2.25. The van der Waals surface area contributed by atoms with E-state index in [0.717, 1.165) is 11.6 Å². The molecule has 2 aromatic carbocycles. The minimum absolute atomic E-state index is 0.0296. The lowest BCUT2D eigenvalue weighted by molar-refractivity contribution is -0.137. The van der Waals surface area contributed by atoms with Gasteiger partial charge in [-0.05, 0) is 48.1 Å². The predicted octanol–water partition coefficient (Wildman–Crippen LogP) is 5.68. The number of aromatic amines is 2. The Morgan fingerprint density at radius 1 is 1.03 bits per heavy atom. The SMILES string of the molecule is O=c1[nH]c(C2CC=C(c3ccc(Cl)cc3C(F)(F)F)CC2)c(Cc2ccccc2)c(=O)[nH]1. The van der Waals surface area contributed by atoms with E-state index in [1.807, 2.05) is 30.3 Å². The molecular formula is C24H20ClF3N2O2. The third-order valence-corrected chi connectivity index (χ3v) is 5.99. The van der Waals surface area contributed by atoms with Crippen molar-refractivity contribution in [1.82, 2.24) is 9.97 Å². The number of allylic oxidation sites excluding steroid dienone is 2. The second kappa shape index (κ2) is 8.82. The molecule has 1 aliphatic carbocycles. The minimum Gasteiger partial charge on any atom is -0.311 e. The zero-order valence-corrected chi connectivity index (χ0v) is 17.7. The van der Waals surface area contributed by atoms with Gasteiger partial charge in [0, 0.05) is 28.6 Å². The second-order valence-corrected chi connectivity index (χ2v) is 8.29. The summed E-state index contributed by atoms with van der Waals surface area (Å²) in [5, 5.41) is 0.0296. The summed E-state index contributed by atoms with van der Waals surface area (Å²) in [4.78, 5) is 29.6. The van der Waals surface area contributed by atoms with Crippen LogP contribution in [0.5, 0.6) is 0 Å². The Morgan fingerprint density at radius 3 is 2.44 bits per heavy atom. The van der Waals surface area contributed by atoms with E-state index in [9.17, 15) is 22.8 Å². The lowest BCUT2D eigenvalue weighted by atomic mass is 9.82. The molecule has 1 heterocycles. The summed E-state index contributed by atoms with van der Waals surface area (Å²) < 4.78 is 40.5. The van der Waals surface area contributed by atoms with Crippen molar-refractivity contribution < 1.29 is 13.2 Å². The highest BCUT2D eigenvalue weighted by molar-refractivity contribution is 6.30. The number of H-pyrrole nitrogens is 2. The molecule has 0 fully saturated rings. The van der Waals surface area contributed by atoms with E-state index in [4.69, 9.17) is 11.6 Å². The van der Waals surface area contributed by atoms with Crippen LogP contribution >= 0.6 is 11.6 Å². The van der Waals surface area contributed by atoms with Gasteiger partial charge < -0.3 is 4.98 Å². The Balaban J connectivity index is 1.67. The van der Waals surface area contributed by atoms with Crippen molar-refractivity contribution in [1.29, 1.82) is 0 Å². The molecular weight excluding hydrogens is 441 g/mol. The highest BCUT2D eigenvalue weighted by Gasteiger charge is 2.35. The Labute approximate surface area is 186 Å². The van der Waals surface area contributed by atoms with Crippen LogP contribution in [0.15, 0.2) is 64.2 Å². The van der Waals surface area contributed by atoms with Crippen LogP contribution < -0.4 is 11.2 Å². The van der Waals surface area contributed by atoms with Crippen LogP contribution in [-0.4, -0.2) is 9.97 Å². The average molecular weight is 461 g/mol. The van der Waals surface area contributed by atoms with Gasteiger partial charge in [0.25, 0.3) is 5.56 Å². The zero-order valence-electron chi connectivity index (χ0n) is 16.9. The van der Waals surface area contributed by atoms with Crippen LogP contribution in [0.2, 0.25) is 5.02 Å². The topological polar surface area (TPSA) is 65.7 Å². The first-order valence-electron chi connectivity index (χ1n) is 10.2. The number of nitrogens with one attached hydrogen (secondary N) is 2. The van der Waals surface area contributed by atoms with E-state index in [1.54, 1.807) is 6.08 Å². The molecule has 0 amide bonds. The number of aromatic nitrogens is 2. The van der Waals surface area contributed by atoms with Crippen molar-refractivity contribution in [2.75, 3.05) is 0 Å². The van der Waals surface area contributed by atoms with Crippen LogP contribution in [0.25, 0.3) is 5.57 Å². The van der Waals surface area contributed by atoms with Crippen LogP contribution in [0.1, 0.15) is 53.1 Å². The Hall–Kier alpha value is -3.06. The fourth-order valence-electron chi connectivity index (χ4n) is 4.23. The maximum atomic E-state index is 13.5. The molecule has 2 N–H and O–H groups in total. The second-order valence-electron chi connectivity index (χ2n) is 7.85. The number of halogens is 4. The smallest absolute Gasteiger partial charge is 0.311 e. The van der Waals surface area contributed by atoms with Gasteiger partial charge >= 0.3 is 11.9 Å². The molecule has 4 rings (SSSR count). The van der Waals surface area contributed by atoms with Crippen LogP contribution in [0.3, 0.4) is 0 Å². The van der Waals surface area contributed by atoms with Crippen molar-refractivity contribution in [3.63, 3.8) is 0 Å². The molecule has 8 heteroatoms. The minimum atomic E-state index is -4.52. The normalized spacial score (nSPS) is 16.6. The predicted molar refractivity (Wildman–Crippen MR) is 118 cm³/mol. The molecule has 166 valence electrons. The third-order valence-electron chi connectivity index (χ3n) is 5.75. The average Bonchev–Trinajstić information content (AvgIpc) is 2.76. The van der Waals surface area contributed by atoms with Crippen molar-refractivity contribution >= 4 is 17.2 Å². The van der Waals surface area contributed by atoms with E-state index in [2.05, 4.69) is 9.97 Å². The van der Waals surface area contributed by atoms with Crippen LogP contribution in [-0.2, 0) is 12.6 Å². The van der Waals surface area contributed by atoms with Gasteiger partial charge in [-0.3, -0.25) is 9.78 Å². The third kappa shape index (κ3) is 4.72. The van der Waals surface area contributed by atoms with Gasteiger partial charge in [0.05, 0.1) is 5.56 Å². The van der Waals surface area contributed by atoms with Crippen LogP contribution in [0.4, 0.5) is 13.2 Å². The molecule has 0 bridgehead atoms. The molecule has 0 saturated heterocycles. The molecule has 0 aliphatic heterocycles. The summed E-state index contributed by atoms with van der Waals surface area (Å²) in [6, 6.07) is 13.2. The van der Waals surface area contributed by atoms with Gasteiger partial charge in [0.2, 0.25) is 0 Å². The van der Waals surface area contributed by atoms with Gasteiger partial charge in [-0.1, -0.05) is 54.1 Å². The highest BCUT2D eigenvalue weighted by atomic mass is 35.5. The van der Waals surface area contributed by atoms with Gasteiger partial charge in [-0.15, -0.1) is 0 Å². The van der Waals surface area contributed by atoms with Crippen LogP contribution in [0, 0.1) is 0 Å². The fourth-order valence-corrected chi connectivity index (χ4v) is 4.40. The molecule has 0 radical (unpaired) electrons. The number of benzene rings is 2. The number of rotatable bonds is 4. The molecule has 32 heavy (non-hydrogen) atoms. The Bertz CT molecular complexity index is 1280. The van der Waals surface area contributed by atoms with E-state index in [-0.39, 0.29) is 16.5 Å². The first-order valence-corrected chi connectivity index (χ1v) is 10.6. The monoisotopic (exact) mass is 460 g/mol. The molecule has 0 spiro atoms. The summed E-state index contributed by atoms with van der Waals surface area (Å²) in [5.74, 6) is -0.172. The van der Waals surface area contributed by atoms with Gasteiger partial charge in [-0.25, -0.2) is 4.79 Å². The Kier molecular flexibility index (Phi) is 6.11. The van der Waals surface area contributed by atoms with Gasteiger partial charge in [-0.2, -0.15) is 13.2 Å². The van der Waals surface area contributed by atoms with Crippen molar-refractivity contribution in [2.45, 2.75) is 37.8 Å². The highest BCUT2D eigenvalue weighted by Crippen LogP contribution is 2.41. The van der Waals surface area contributed by atoms with Crippen molar-refractivity contribution in [2.24, 2.45) is 0 Å². The van der Waals surface area contributed by atoms with E-state index in [0.29, 0.717) is 42.5 Å². The zero-order chi connectivity index (χ0) is 22.9. The molecule has 0 saturated carbocycles. The van der Waals surface area contributed by atoms with Gasteiger partial charge in [0.15, 0.2) is 0 Å². The summed E-state index contributed by atoms with van der Waals surface area (Å²) >= 11 is 5.79. The molecule has 1 aliphatic rings. The summed E-state index contributed by atoms with van der Waals surface area (Å²) in [7, 11) is 0. The molecule has 3 aromatic rings. The standard InChI is InChI=1S/C24H20ClF3N2O2/c25-17-10-11-18(20(13-17)24(26,27)28)15-6-8-16(9-7-15)21-19(22(31)30-23(32)29-21)12-14-4-2-1-3-5-14/h1-6,10-11,13,16H,7-9,12H2,(H2,29,30,31,32). The Morgan fingerprint density at radius 2 is 1.78 bits per heavy atom. The summed E-state index contributed by atoms with van der Waals surface area (Å²) in [6.45, 7) is 0. The molecule has 4 nitrogen and oxygen atoms in total. The number of hydrogen-bond donors (Lipinski definition) is 2.